The Morgan fingerprint density at radius 2 is 2.14 bits per heavy atom. The van der Waals surface area contributed by atoms with Gasteiger partial charge in [0.1, 0.15) is 0 Å². The standard InChI is InChI=1S/C14H21N5OS/c1-2-3-9-11-16-17-14-19(11)18-13(21-14)15-12(20)10-7-5-4-6-8-10/h10H,2-9H2,1H3,(H,15,18,20). The zero-order chi connectivity index (χ0) is 14.7. The van der Waals surface area contributed by atoms with Crippen molar-refractivity contribution in [2.45, 2.75) is 58.3 Å². The minimum atomic E-state index is 0.106. The molecule has 114 valence electrons. The molecule has 0 bridgehead atoms. The molecule has 0 spiro atoms. The molecule has 0 aliphatic heterocycles. The lowest BCUT2D eigenvalue weighted by atomic mass is 9.89. The molecule has 0 saturated heterocycles. The van der Waals surface area contributed by atoms with Crippen molar-refractivity contribution in [3.8, 4) is 0 Å². The van der Waals surface area contributed by atoms with E-state index in [9.17, 15) is 4.79 Å². The number of carbonyl (C=O) groups excluding carboxylic acids is 1. The molecule has 21 heavy (non-hydrogen) atoms. The number of fused-ring (bicyclic) bond motifs is 1. The molecule has 2 aromatic heterocycles. The van der Waals surface area contributed by atoms with E-state index in [1.807, 2.05) is 0 Å². The maximum absolute atomic E-state index is 12.2. The lowest BCUT2D eigenvalue weighted by Gasteiger charge is -2.19. The summed E-state index contributed by atoms with van der Waals surface area (Å²) in [4.78, 5) is 13.0. The van der Waals surface area contributed by atoms with E-state index in [2.05, 4.69) is 27.5 Å². The van der Waals surface area contributed by atoms with E-state index in [-0.39, 0.29) is 11.8 Å². The van der Waals surface area contributed by atoms with Crippen molar-refractivity contribution in [1.29, 1.82) is 0 Å². The Labute approximate surface area is 128 Å². The molecule has 1 aliphatic rings. The second kappa shape index (κ2) is 6.51. The summed E-state index contributed by atoms with van der Waals surface area (Å²) >= 11 is 1.39. The van der Waals surface area contributed by atoms with Crippen LogP contribution in [0.2, 0.25) is 0 Å². The monoisotopic (exact) mass is 307 g/mol. The van der Waals surface area contributed by atoms with Crippen molar-refractivity contribution in [3.63, 3.8) is 0 Å². The normalized spacial score (nSPS) is 16.4. The fraction of sp³-hybridized carbons (Fsp3) is 0.714. The fourth-order valence-corrected chi connectivity index (χ4v) is 3.53. The average molecular weight is 307 g/mol. The SMILES string of the molecule is CCCCc1nnc2sc(NC(=O)C3CCCCC3)nn12. The van der Waals surface area contributed by atoms with Crippen LogP contribution in [0.3, 0.4) is 0 Å². The van der Waals surface area contributed by atoms with Gasteiger partial charge in [0.2, 0.25) is 16.0 Å². The third-order valence-electron chi connectivity index (χ3n) is 4.02. The Bertz CT molecular complexity index is 614. The first-order valence-electron chi connectivity index (χ1n) is 7.80. The number of aryl methyl sites for hydroxylation is 1. The molecule has 1 aliphatic carbocycles. The zero-order valence-electron chi connectivity index (χ0n) is 12.3. The Kier molecular flexibility index (Phi) is 4.48. The molecule has 1 saturated carbocycles. The molecule has 2 heterocycles. The van der Waals surface area contributed by atoms with Crippen LogP contribution in [0.5, 0.6) is 0 Å². The van der Waals surface area contributed by atoms with Gasteiger partial charge in [0, 0.05) is 12.3 Å². The molecule has 2 aromatic rings. The van der Waals surface area contributed by atoms with Crippen LogP contribution in [-0.2, 0) is 11.2 Å². The number of amides is 1. The summed E-state index contributed by atoms with van der Waals surface area (Å²) < 4.78 is 1.76. The molecule has 0 atom stereocenters. The summed E-state index contributed by atoms with van der Waals surface area (Å²) in [7, 11) is 0. The van der Waals surface area contributed by atoms with E-state index in [4.69, 9.17) is 0 Å². The highest BCUT2D eigenvalue weighted by Gasteiger charge is 2.22. The molecule has 6 nitrogen and oxygen atoms in total. The van der Waals surface area contributed by atoms with Crippen molar-refractivity contribution in [2.24, 2.45) is 5.92 Å². The second-order valence-electron chi connectivity index (χ2n) is 5.65. The molecule has 0 unspecified atom stereocenters. The summed E-state index contributed by atoms with van der Waals surface area (Å²) in [5.41, 5.74) is 0. The van der Waals surface area contributed by atoms with Crippen molar-refractivity contribution in [1.82, 2.24) is 19.8 Å². The summed E-state index contributed by atoms with van der Waals surface area (Å²) in [5, 5.41) is 16.3. The fourth-order valence-electron chi connectivity index (χ4n) is 2.77. The molecule has 7 heteroatoms. The van der Waals surface area contributed by atoms with Crippen LogP contribution >= 0.6 is 11.3 Å². The van der Waals surface area contributed by atoms with Crippen molar-refractivity contribution in [3.05, 3.63) is 5.82 Å². The van der Waals surface area contributed by atoms with Gasteiger partial charge in [0.15, 0.2) is 5.82 Å². The van der Waals surface area contributed by atoms with Crippen LogP contribution in [0.4, 0.5) is 5.13 Å². The van der Waals surface area contributed by atoms with Gasteiger partial charge in [-0.1, -0.05) is 43.9 Å². The van der Waals surface area contributed by atoms with Gasteiger partial charge in [-0.25, -0.2) is 0 Å². The summed E-state index contributed by atoms with van der Waals surface area (Å²) in [6, 6.07) is 0. The number of carbonyl (C=O) groups is 1. The molecule has 0 aromatic carbocycles. The van der Waals surface area contributed by atoms with E-state index in [0.29, 0.717) is 5.13 Å². The number of hydrogen-bond donors (Lipinski definition) is 1. The highest BCUT2D eigenvalue weighted by atomic mass is 32.1. The second-order valence-corrected chi connectivity index (χ2v) is 6.60. The predicted octanol–water partition coefficient (Wildman–Crippen LogP) is 3.05. The molecular formula is C14H21N5OS. The van der Waals surface area contributed by atoms with Gasteiger partial charge in [-0.2, -0.15) is 4.52 Å². The molecule has 1 N–H and O–H groups in total. The molecule has 1 fully saturated rings. The van der Waals surface area contributed by atoms with Crippen molar-refractivity contribution >= 4 is 27.3 Å². The lowest BCUT2D eigenvalue weighted by molar-refractivity contribution is -0.120. The van der Waals surface area contributed by atoms with Crippen LogP contribution in [0.1, 0.15) is 57.7 Å². The van der Waals surface area contributed by atoms with Gasteiger partial charge >= 0.3 is 0 Å². The van der Waals surface area contributed by atoms with E-state index < -0.39 is 0 Å². The van der Waals surface area contributed by atoms with Gasteiger partial charge in [-0.3, -0.25) is 4.79 Å². The lowest BCUT2D eigenvalue weighted by Crippen LogP contribution is -2.24. The number of nitrogens with zero attached hydrogens (tertiary/aromatic N) is 4. The van der Waals surface area contributed by atoms with E-state index in [1.54, 1.807) is 4.52 Å². The van der Waals surface area contributed by atoms with Crippen LogP contribution < -0.4 is 5.32 Å². The van der Waals surface area contributed by atoms with Crippen LogP contribution in [0, 0.1) is 5.92 Å². The number of unbranched alkanes of at least 4 members (excludes halogenated alkanes) is 1. The quantitative estimate of drug-likeness (QED) is 0.921. The third-order valence-corrected chi connectivity index (χ3v) is 4.83. The Morgan fingerprint density at radius 1 is 1.33 bits per heavy atom. The minimum absolute atomic E-state index is 0.106. The summed E-state index contributed by atoms with van der Waals surface area (Å²) in [6.45, 7) is 2.15. The van der Waals surface area contributed by atoms with Crippen LogP contribution in [0.15, 0.2) is 0 Å². The molecule has 3 rings (SSSR count). The summed E-state index contributed by atoms with van der Waals surface area (Å²) in [6.07, 6.45) is 8.62. The number of rotatable bonds is 5. The van der Waals surface area contributed by atoms with Crippen molar-refractivity contribution < 1.29 is 4.79 Å². The first kappa shape index (κ1) is 14.4. The molecule has 0 radical (unpaired) electrons. The third kappa shape index (κ3) is 3.23. The van der Waals surface area contributed by atoms with Crippen LogP contribution in [0.25, 0.3) is 4.96 Å². The Hall–Kier alpha value is -1.50. The number of aromatic nitrogens is 4. The average Bonchev–Trinajstić information content (AvgIpc) is 3.06. The van der Waals surface area contributed by atoms with Gasteiger partial charge in [0.25, 0.3) is 0 Å². The van der Waals surface area contributed by atoms with Crippen LogP contribution in [-0.4, -0.2) is 25.7 Å². The largest absolute Gasteiger partial charge is 0.300 e. The van der Waals surface area contributed by atoms with Gasteiger partial charge in [-0.05, 0) is 19.3 Å². The maximum Gasteiger partial charge on any atom is 0.236 e. The molecular weight excluding hydrogens is 286 g/mol. The number of anilines is 1. The highest BCUT2D eigenvalue weighted by Crippen LogP contribution is 2.26. The molecule has 1 amide bonds. The number of nitrogens with one attached hydrogen (secondary N) is 1. The first-order valence-corrected chi connectivity index (χ1v) is 8.61. The maximum atomic E-state index is 12.2. The van der Waals surface area contributed by atoms with Gasteiger partial charge < -0.3 is 5.32 Å². The van der Waals surface area contributed by atoms with Gasteiger partial charge in [-0.15, -0.1) is 15.3 Å². The number of hydrogen-bond acceptors (Lipinski definition) is 5. The van der Waals surface area contributed by atoms with E-state index >= 15 is 0 Å². The summed E-state index contributed by atoms with van der Waals surface area (Å²) in [5.74, 6) is 1.13. The Balaban J connectivity index is 1.69. The zero-order valence-corrected chi connectivity index (χ0v) is 13.2. The predicted molar refractivity (Wildman–Crippen MR) is 82.5 cm³/mol. The van der Waals surface area contributed by atoms with Crippen molar-refractivity contribution in [2.75, 3.05) is 5.32 Å². The Morgan fingerprint density at radius 3 is 2.90 bits per heavy atom. The first-order chi connectivity index (χ1) is 10.3. The smallest absolute Gasteiger partial charge is 0.236 e. The van der Waals surface area contributed by atoms with Gasteiger partial charge in [0.05, 0.1) is 0 Å². The highest BCUT2D eigenvalue weighted by molar-refractivity contribution is 7.20. The minimum Gasteiger partial charge on any atom is -0.300 e. The van der Waals surface area contributed by atoms with E-state index in [0.717, 1.165) is 55.7 Å². The topological polar surface area (TPSA) is 72.2 Å². The van der Waals surface area contributed by atoms with E-state index in [1.165, 1.54) is 17.8 Å².